The van der Waals surface area contributed by atoms with E-state index in [0.717, 1.165) is 32.7 Å². The predicted octanol–water partition coefficient (Wildman–Crippen LogP) is -0.236. The monoisotopic (exact) mass is 264 g/mol. The Kier molecular flexibility index (Phi) is 4.70. The number of nitrogens with zero attached hydrogens (tertiary/aromatic N) is 3. The standard InChI is InChI=1S/C13H20N4O2/c1-16(8-9-17-6-4-14-5-7-17)13(19)11-2-3-15-10-12(11)18/h2-3,10,14,18H,4-9H2,1H3. The van der Waals surface area contributed by atoms with Crippen LogP contribution in [-0.2, 0) is 0 Å². The molecule has 1 fully saturated rings. The molecule has 19 heavy (non-hydrogen) atoms. The van der Waals surface area contributed by atoms with Crippen molar-refractivity contribution in [3.63, 3.8) is 0 Å². The van der Waals surface area contributed by atoms with Gasteiger partial charge in [0.2, 0.25) is 0 Å². The highest BCUT2D eigenvalue weighted by Gasteiger charge is 2.17. The summed E-state index contributed by atoms with van der Waals surface area (Å²) in [5.41, 5.74) is 0.304. The molecule has 1 saturated heterocycles. The zero-order valence-electron chi connectivity index (χ0n) is 11.2. The van der Waals surface area contributed by atoms with Crippen molar-refractivity contribution < 1.29 is 9.90 Å². The van der Waals surface area contributed by atoms with Crippen LogP contribution in [0, 0.1) is 0 Å². The minimum Gasteiger partial charge on any atom is -0.505 e. The molecule has 0 spiro atoms. The third-order valence-electron chi connectivity index (χ3n) is 3.34. The van der Waals surface area contributed by atoms with Gasteiger partial charge in [-0.2, -0.15) is 0 Å². The Bertz CT molecular complexity index is 432. The molecule has 0 aliphatic carbocycles. The highest BCUT2D eigenvalue weighted by atomic mass is 16.3. The summed E-state index contributed by atoms with van der Waals surface area (Å²) in [6.45, 7) is 5.55. The fourth-order valence-corrected chi connectivity index (χ4v) is 2.10. The number of hydrogen-bond acceptors (Lipinski definition) is 5. The van der Waals surface area contributed by atoms with Crippen LogP contribution in [-0.4, -0.2) is 72.1 Å². The van der Waals surface area contributed by atoms with E-state index in [1.807, 2.05) is 0 Å². The molecule has 2 N–H and O–H groups in total. The lowest BCUT2D eigenvalue weighted by Gasteiger charge is -2.29. The summed E-state index contributed by atoms with van der Waals surface area (Å²) in [4.78, 5) is 19.9. The van der Waals surface area contributed by atoms with Crippen molar-refractivity contribution in [2.45, 2.75) is 0 Å². The molecule has 0 unspecified atom stereocenters. The van der Waals surface area contributed by atoms with E-state index >= 15 is 0 Å². The molecule has 1 aliphatic heterocycles. The number of likely N-dealkylation sites (N-methyl/N-ethyl adjacent to an activating group) is 1. The summed E-state index contributed by atoms with van der Waals surface area (Å²) in [5.74, 6) is -0.239. The Balaban J connectivity index is 1.87. The van der Waals surface area contributed by atoms with Gasteiger partial charge in [-0.25, -0.2) is 0 Å². The number of nitrogens with one attached hydrogen (secondary N) is 1. The van der Waals surface area contributed by atoms with E-state index in [9.17, 15) is 9.90 Å². The number of rotatable bonds is 4. The lowest BCUT2D eigenvalue weighted by molar-refractivity contribution is 0.0771. The van der Waals surface area contributed by atoms with Gasteiger partial charge < -0.3 is 15.3 Å². The maximum Gasteiger partial charge on any atom is 0.257 e. The second-order valence-corrected chi connectivity index (χ2v) is 4.71. The largest absolute Gasteiger partial charge is 0.505 e. The zero-order chi connectivity index (χ0) is 13.7. The van der Waals surface area contributed by atoms with Gasteiger partial charge in [0.05, 0.1) is 11.8 Å². The Morgan fingerprint density at radius 1 is 1.53 bits per heavy atom. The van der Waals surface area contributed by atoms with E-state index in [1.54, 1.807) is 18.0 Å². The molecule has 0 aromatic carbocycles. The van der Waals surface area contributed by atoms with Crippen molar-refractivity contribution >= 4 is 5.91 Å². The van der Waals surface area contributed by atoms with Gasteiger partial charge >= 0.3 is 0 Å². The van der Waals surface area contributed by atoms with Gasteiger partial charge in [0, 0.05) is 52.5 Å². The van der Waals surface area contributed by atoms with E-state index in [4.69, 9.17) is 0 Å². The van der Waals surface area contributed by atoms with Gasteiger partial charge in [0.15, 0.2) is 0 Å². The normalized spacial score (nSPS) is 16.3. The molecule has 1 aliphatic rings. The lowest BCUT2D eigenvalue weighted by Crippen LogP contribution is -2.46. The molecule has 6 heteroatoms. The highest BCUT2D eigenvalue weighted by Crippen LogP contribution is 2.15. The summed E-state index contributed by atoms with van der Waals surface area (Å²) in [7, 11) is 1.75. The summed E-state index contributed by atoms with van der Waals surface area (Å²) in [6.07, 6.45) is 2.80. The number of hydrogen-bond donors (Lipinski definition) is 2. The first-order valence-electron chi connectivity index (χ1n) is 6.50. The fraction of sp³-hybridized carbons (Fsp3) is 0.538. The average Bonchev–Trinajstić information content (AvgIpc) is 2.45. The zero-order valence-corrected chi connectivity index (χ0v) is 11.2. The van der Waals surface area contributed by atoms with Gasteiger partial charge in [-0.15, -0.1) is 0 Å². The first-order valence-corrected chi connectivity index (χ1v) is 6.50. The van der Waals surface area contributed by atoms with Crippen molar-refractivity contribution in [2.24, 2.45) is 0 Å². The molecule has 0 saturated carbocycles. The van der Waals surface area contributed by atoms with E-state index in [2.05, 4.69) is 15.2 Å². The van der Waals surface area contributed by atoms with Crippen LogP contribution in [0.1, 0.15) is 10.4 Å². The number of pyridine rings is 1. The van der Waals surface area contributed by atoms with Gasteiger partial charge in [-0.1, -0.05) is 0 Å². The smallest absolute Gasteiger partial charge is 0.257 e. The molecule has 0 bridgehead atoms. The van der Waals surface area contributed by atoms with Crippen LogP contribution in [0.4, 0.5) is 0 Å². The number of aromatic nitrogens is 1. The van der Waals surface area contributed by atoms with Crippen molar-refractivity contribution in [3.8, 4) is 5.75 Å². The molecule has 2 heterocycles. The molecule has 6 nitrogen and oxygen atoms in total. The third kappa shape index (κ3) is 3.65. The predicted molar refractivity (Wildman–Crippen MR) is 72.2 cm³/mol. The van der Waals surface area contributed by atoms with Crippen LogP contribution in [0.5, 0.6) is 5.75 Å². The van der Waals surface area contributed by atoms with Crippen LogP contribution < -0.4 is 5.32 Å². The summed E-state index contributed by atoms with van der Waals surface area (Å²) >= 11 is 0. The van der Waals surface area contributed by atoms with Crippen LogP contribution in [0.15, 0.2) is 18.5 Å². The van der Waals surface area contributed by atoms with Crippen molar-refractivity contribution in [2.75, 3.05) is 46.3 Å². The van der Waals surface area contributed by atoms with Gasteiger partial charge in [0.25, 0.3) is 5.91 Å². The van der Waals surface area contributed by atoms with E-state index in [1.165, 1.54) is 12.4 Å². The molecular weight excluding hydrogens is 244 g/mol. The number of amides is 1. The minimum atomic E-state index is -0.171. The Morgan fingerprint density at radius 3 is 2.95 bits per heavy atom. The Labute approximate surface area is 113 Å². The Morgan fingerprint density at radius 2 is 2.26 bits per heavy atom. The van der Waals surface area contributed by atoms with Gasteiger partial charge in [-0.3, -0.25) is 14.7 Å². The molecule has 1 aromatic heterocycles. The molecule has 0 radical (unpaired) electrons. The SMILES string of the molecule is CN(CCN1CCNCC1)C(=O)c1ccncc1O. The maximum atomic E-state index is 12.1. The third-order valence-corrected chi connectivity index (χ3v) is 3.34. The quantitative estimate of drug-likeness (QED) is 0.786. The van der Waals surface area contributed by atoms with Crippen molar-refractivity contribution in [1.29, 1.82) is 0 Å². The number of aromatic hydroxyl groups is 1. The fourth-order valence-electron chi connectivity index (χ4n) is 2.10. The lowest BCUT2D eigenvalue weighted by atomic mass is 10.2. The van der Waals surface area contributed by atoms with E-state index < -0.39 is 0 Å². The molecular formula is C13H20N4O2. The summed E-state index contributed by atoms with van der Waals surface area (Å²) in [6, 6.07) is 1.54. The minimum absolute atomic E-state index is 0.0680. The summed E-state index contributed by atoms with van der Waals surface area (Å²) in [5, 5.41) is 12.9. The van der Waals surface area contributed by atoms with Crippen LogP contribution >= 0.6 is 0 Å². The number of piperazine rings is 1. The first-order chi connectivity index (χ1) is 9.18. The summed E-state index contributed by atoms with van der Waals surface area (Å²) < 4.78 is 0. The average molecular weight is 264 g/mol. The molecule has 0 atom stereocenters. The van der Waals surface area contributed by atoms with Crippen LogP contribution in [0.3, 0.4) is 0 Å². The number of carbonyl (C=O) groups is 1. The van der Waals surface area contributed by atoms with Crippen molar-refractivity contribution in [1.82, 2.24) is 20.1 Å². The highest BCUT2D eigenvalue weighted by molar-refractivity contribution is 5.96. The Hall–Kier alpha value is -1.66. The maximum absolute atomic E-state index is 12.1. The second kappa shape index (κ2) is 6.49. The topological polar surface area (TPSA) is 68.7 Å². The molecule has 104 valence electrons. The van der Waals surface area contributed by atoms with Crippen LogP contribution in [0.25, 0.3) is 0 Å². The van der Waals surface area contributed by atoms with Gasteiger partial charge in [0.1, 0.15) is 5.75 Å². The van der Waals surface area contributed by atoms with E-state index in [0.29, 0.717) is 12.1 Å². The molecule has 2 rings (SSSR count). The van der Waals surface area contributed by atoms with Gasteiger partial charge in [-0.05, 0) is 6.07 Å². The van der Waals surface area contributed by atoms with Crippen molar-refractivity contribution in [3.05, 3.63) is 24.0 Å². The molecule has 1 amide bonds. The molecule has 1 aromatic rings. The first kappa shape index (κ1) is 13.8. The van der Waals surface area contributed by atoms with E-state index in [-0.39, 0.29) is 11.7 Å². The van der Waals surface area contributed by atoms with Crippen LogP contribution in [0.2, 0.25) is 0 Å². The number of carbonyl (C=O) groups excluding carboxylic acids is 1. The second-order valence-electron chi connectivity index (χ2n) is 4.71.